The van der Waals surface area contributed by atoms with Crippen LogP contribution in [0.2, 0.25) is 0 Å². The van der Waals surface area contributed by atoms with E-state index in [-0.39, 0.29) is 5.82 Å². The smallest absolute Gasteiger partial charge is 0.194 e. The fraction of sp³-hybridized carbons (Fsp3) is 0.524. The zero-order chi connectivity index (χ0) is 19.9. The number of halogens is 1. The Morgan fingerprint density at radius 3 is 2.71 bits per heavy atom. The average molecular weight is 388 g/mol. The summed E-state index contributed by atoms with van der Waals surface area (Å²) in [6.45, 7) is 9.80. The predicted molar refractivity (Wildman–Crippen MR) is 109 cm³/mol. The molecule has 3 rings (SSSR count). The molecule has 0 aliphatic carbocycles. The van der Waals surface area contributed by atoms with Gasteiger partial charge in [-0.1, -0.05) is 6.07 Å². The van der Waals surface area contributed by atoms with E-state index in [1.807, 2.05) is 19.9 Å². The van der Waals surface area contributed by atoms with Crippen LogP contribution < -0.4 is 5.32 Å². The van der Waals surface area contributed by atoms with Gasteiger partial charge in [-0.15, -0.1) is 0 Å². The summed E-state index contributed by atoms with van der Waals surface area (Å²) in [6.07, 6.45) is 5.79. The zero-order valence-electron chi connectivity index (χ0n) is 17.0. The average Bonchev–Trinajstić information content (AvgIpc) is 3.12. The van der Waals surface area contributed by atoms with Crippen LogP contribution in [0.25, 0.3) is 5.69 Å². The molecule has 1 fully saturated rings. The van der Waals surface area contributed by atoms with E-state index in [0.29, 0.717) is 18.3 Å². The Bertz CT molecular complexity index is 796. The lowest BCUT2D eigenvalue weighted by Crippen LogP contribution is -2.47. The molecule has 2 heterocycles. The second-order valence-corrected chi connectivity index (χ2v) is 6.94. The molecule has 1 N–H and O–H groups in total. The number of guanidine groups is 1. The summed E-state index contributed by atoms with van der Waals surface area (Å²) in [5, 5.41) is 3.35. The van der Waals surface area contributed by atoms with E-state index in [1.165, 1.54) is 0 Å². The number of nitrogens with one attached hydrogen (secondary N) is 1. The third-order valence-electron chi connectivity index (χ3n) is 4.99. The number of aliphatic imine (C=N–C) groups is 1. The van der Waals surface area contributed by atoms with Crippen LogP contribution >= 0.6 is 0 Å². The van der Waals surface area contributed by atoms with E-state index in [4.69, 9.17) is 9.73 Å². The standard InChI is InChI=1S/C21H30FN5O/c1-4-23-21(26-11-8-18(9-12-26)28-5-2)25-15-17-6-7-20(19(22)14-17)27-13-10-24-16(27)3/h6-7,10,13-14,18H,4-5,8-9,11-12,15H2,1-3H3,(H,23,25). The summed E-state index contributed by atoms with van der Waals surface area (Å²) in [5.74, 6) is 1.37. The van der Waals surface area contributed by atoms with Crippen LogP contribution in [0.3, 0.4) is 0 Å². The van der Waals surface area contributed by atoms with Crippen molar-refractivity contribution in [2.24, 2.45) is 4.99 Å². The van der Waals surface area contributed by atoms with Gasteiger partial charge in [-0.2, -0.15) is 0 Å². The second-order valence-electron chi connectivity index (χ2n) is 6.94. The van der Waals surface area contributed by atoms with Gasteiger partial charge < -0.3 is 19.5 Å². The summed E-state index contributed by atoms with van der Waals surface area (Å²) < 4.78 is 22.1. The molecule has 0 unspecified atom stereocenters. The van der Waals surface area contributed by atoms with Crippen molar-refractivity contribution in [3.05, 3.63) is 47.8 Å². The molecular weight excluding hydrogens is 357 g/mol. The Balaban J connectivity index is 1.68. The van der Waals surface area contributed by atoms with Crippen LogP contribution in [0.15, 0.2) is 35.6 Å². The van der Waals surface area contributed by atoms with E-state index in [1.54, 1.807) is 29.1 Å². The minimum absolute atomic E-state index is 0.267. The molecule has 0 amide bonds. The number of benzene rings is 1. The van der Waals surface area contributed by atoms with Crippen molar-refractivity contribution in [3.8, 4) is 5.69 Å². The Morgan fingerprint density at radius 1 is 1.32 bits per heavy atom. The van der Waals surface area contributed by atoms with Gasteiger partial charge in [-0.3, -0.25) is 0 Å². The molecular formula is C21H30FN5O. The molecule has 0 saturated carbocycles. The van der Waals surface area contributed by atoms with Crippen LogP contribution in [0.1, 0.15) is 38.1 Å². The molecule has 7 heteroatoms. The van der Waals surface area contributed by atoms with Crippen LogP contribution in [0.4, 0.5) is 4.39 Å². The maximum Gasteiger partial charge on any atom is 0.194 e. The number of imidazole rings is 1. The van der Waals surface area contributed by atoms with Crippen molar-refractivity contribution in [1.29, 1.82) is 0 Å². The Labute approximate surface area is 166 Å². The minimum Gasteiger partial charge on any atom is -0.378 e. The molecule has 1 aromatic heterocycles. The fourth-order valence-corrected chi connectivity index (χ4v) is 3.54. The van der Waals surface area contributed by atoms with Gasteiger partial charge in [0, 0.05) is 38.6 Å². The second kappa shape index (κ2) is 9.68. The monoisotopic (exact) mass is 387 g/mol. The molecule has 1 aliphatic rings. The van der Waals surface area contributed by atoms with E-state index in [9.17, 15) is 4.39 Å². The number of ether oxygens (including phenoxy) is 1. The largest absolute Gasteiger partial charge is 0.378 e. The lowest BCUT2D eigenvalue weighted by Gasteiger charge is -2.34. The number of nitrogens with zero attached hydrogens (tertiary/aromatic N) is 4. The van der Waals surface area contributed by atoms with E-state index < -0.39 is 0 Å². The van der Waals surface area contributed by atoms with Gasteiger partial charge in [0.15, 0.2) is 5.96 Å². The predicted octanol–water partition coefficient (Wildman–Crippen LogP) is 3.29. The highest BCUT2D eigenvalue weighted by atomic mass is 19.1. The first-order valence-electron chi connectivity index (χ1n) is 10.1. The van der Waals surface area contributed by atoms with Gasteiger partial charge in [0.1, 0.15) is 11.6 Å². The van der Waals surface area contributed by atoms with Crippen LogP contribution in [-0.2, 0) is 11.3 Å². The van der Waals surface area contributed by atoms with Gasteiger partial charge in [0.2, 0.25) is 0 Å². The molecule has 1 aromatic carbocycles. The summed E-state index contributed by atoms with van der Waals surface area (Å²) in [5.41, 5.74) is 1.35. The molecule has 0 radical (unpaired) electrons. The maximum atomic E-state index is 14.6. The minimum atomic E-state index is -0.267. The normalized spacial score (nSPS) is 15.9. The van der Waals surface area contributed by atoms with E-state index >= 15 is 0 Å². The van der Waals surface area contributed by atoms with Crippen molar-refractivity contribution in [2.45, 2.75) is 46.3 Å². The molecule has 0 atom stereocenters. The third kappa shape index (κ3) is 4.90. The summed E-state index contributed by atoms with van der Waals surface area (Å²) in [4.78, 5) is 11.2. The molecule has 1 saturated heterocycles. The molecule has 28 heavy (non-hydrogen) atoms. The van der Waals surface area contributed by atoms with Gasteiger partial charge in [0.05, 0.1) is 18.3 Å². The first-order chi connectivity index (χ1) is 13.6. The number of hydrogen-bond donors (Lipinski definition) is 1. The summed E-state index contributed by atoms with van der Waals surface area (Å²) in [7, 11) is 0. The summed E-state index contributed by atoms with van der Waals surface area (Å²) in [6, 6.07) is 5.27. The van der Waals surface area contributed by atoms with Crippen molar-refractivity contribution >= 4 is 5.96 Å². The molecule has 152 valence electrons. The highest BCUT2D eigenvalue weighted by Gasteiger charge is 2.21. The van der Waals surface area contributed by atoms with Crippen LogP contribution in [0.5, 0.6) is 0 Å². The van der Waals surface area contributed by atoms with Crippen molar-refractivity contribution in [2.75, 3.05) is 26.2 Å². The number of hydrogen-bond acceptors (Lipinski definition) is 3. The highest BCUT2D eigenvalue weighted by Crippen LogP contribution is 2.18. The topological polar surface area (TPSA) is 54.7 Å². The van der Waals surface area contributed by atoms with Gasteiger partial charge in [-0.05, 0) is 51.3 Å². The Kier molecular flexibility index (Phi) is 7.03. The molecule has 0 bridgehead atoms. The maximum absolute atomic E-state index is 14.6. The Hall–Kier alpha value is -2.41. The first kappa shape index (κ1) is 20.3. The number of rotatable bonds is 6. The third-order valence-corrected chi connectivity index (χ3v) is 4.99. The number of aryl methyl sites for hydroxylation is 1. The molecule has 0 spiro atoms. The van der Waals surface area contributed by atoms with Crippen LogP contribution in [-0.4, -0.2) is 52.8 Å². The highest BCUT2D eigenvalue weighted by molar-refractivity contribution is 5.80. The van der Waals surface area contributed by atoms with Gasteiger partial charge in [-0.25, -0.2) is 14.4 Å². The zero-order valence-corrected chi connectivity index (χ0v) is 17.0. The Morgan fingerprint density at radius 2 is 2.11 bits per heavy atom. The van der Waals surface area contributed by atoms with Crippen molar-refractivity contribution in [1.82, 2.24) is 19.8 Å². The lowest BCUT2D eigenvalue weighted by atomic mass is 10.1. The number of piperidine rings is 1. The summed E-state index contributed by atoms with van der Waals surface area (Å²) >= 11 is 0. The molecule has 1 aliphatic heterocycles. The van der Waals surface area contributed by atoms with Crippen LogP contribution in [0, 0.1) is 12.7 Å². The molecule has 6 nitrogen and oxygen atoms in total. The van der Waals surface area contributed by atoms with Crippen molar-refractivity contribution in [3.63, 3.8) is 0 Å². The van der Waals surface area contributed by atoms with Crippen molar-refractivity contribution < 1.29 is 9.13 Å². The molecule has 2 aromatic rings. The first-order valence-corrected chi connectivity index (χ1v) is 10.1. The van der Waals surface area contributed by atoms with Gasteiger partial charge in [0.25, 0.3) is 0 Å². The fourth-order valence-electron chi connectivity index (χ4n) is 3.54. The number of aromatic nitrogens is 2. The number of likely N-dealkylation sites (tertiary alicyclic amines) is 1. The lowest BCUT2D eigenvalue weighted by molar-refractivity contribution is 0.0263. The van der Waals surface area contributed by atoms with E-state index in [0.717, 1.165) is 56.4 Å². The van der Waals surface area contributed by atoms with E-state index in [2.05, 4.69) is 22.1 Å². The van der Waals surface area contributed by atoms with Gasteiger partial charge >= 0.3 is 0 Å². The quantitative estimate of drug-likeness (QED) is 0.610. The SMILES string of the molecule is CCNC(=NCc1ccc(-n2ccnc2C)c(F)c1)N1CCC(OCC)CC1.